The summed E-state index contributed by atoms with van der Waals surface area (Å²) in [6.45, 7) is 4.98. The molecule has 3 fully saturated rings. The summed E-state index contributed by atoms with van der Waals surface area (Å²) in [5, 5.41) is 12.0. The molecule has 188 valence electrons. The first kappa shape index (κ1) is 23.9. The number of carbonyl (C=O) groups excluding carboxylic acids is 2. The zero-order valence-corrected chi connectivity index (χ0v) is 20.8. The smallest absolute Gasteiger partial charge is 0.240 e. The molecule has 0 spiro atoms. The van der Waals surface area contributed by atoms with Crippen molar-refractivity contribution in [3.63, 3.8) is 0 Å². The zero-order chi connectivity index (χ0) is 24.5. The van der Waals surface area contributed by atoms with E-state index in [9.17, 15) is 9.59 Å². The van der Waals surface area contributed by atoms with Crippen molar-refractivity contribution in [1.29, 1.82) is 5.41 Å². The molecule has 1 saturated carbocycles. The maximum atomic E-state index is 13.6. The Morgan fingerprint density at radius 1 is 1.11 bits per heavy atom. The summed E-state index contributed by atoms with van der Waals surface area (Å²) in [6, 6.07) is 8.64. The van der Waals surface area contributed by atoms with Crippen LogP contribution >= 0.6 is 0 Å². The monoisotopic (exact) mass is 478 g/mol. The van der Waals surface area contributed by atoms with E-state index in [-0.39, 0.29) is 29.7 Å². The number of nitrogen functional groups attached to an aromatic ring is 1. The SMILES string of the molecule is CCn1c(CCC2CCCN2C(=O)C2CCCN2CC(=O)NC2CC2)cc2ccc(C(=N)N)cc21. The summed E-state index contributed by atoms with van der Waals surface area (Å²) < 4.78 is 2.31. The number of amidine groups is 1. The van der Waals surface area contributed by atoms with Gasteiger partial charge in [-0.05, 0) is 82.4 Å². The van der Waals surface area contributed by atoms with E-state index in [2.05, 4.69) is 32.7 Å². The van der Waals surface area contributed by atoms with E-state index in [0.29, 0.717) is 12.6 Å². The van der Waals surface area contributed by atoms with Gasteiger partial charge in [-0.25, -0.2) is 0 Å². The number of nitrogens with zero attached hydrogens (tertiary/aromatic N) is 3. The van der Waals surface area contributed by atoms with E-state index < -0.39 is 0 Å². The standard InChI is InChI=1S/C27H38N6O2/c1-2-32-22(15-18-7-8-19(26(28)29)16-24(18)32)12-11-21-5-3-14-33(21)27(35)23-6-4-13-31(23)17-25(34)30-20-9-10-20/h7-8,15-16,20-21,23H,2-6,9-14,17H2,1H3,(H3,28,29)(H,30,34). The van der Waals surface area contributed by atoms with Gasteiger partial charge in [0.25, 0.3) is 0 Å². The molecule has 35 heavy (non-hydrogen) atoms. The molecule has 4 N–H and O–H groups in total. The predicted octanol–water partition coefficient (Wildman–Crippen LogP) is 2.61. The van der Waals surface area contributed by atoms with Gasteiger partial charge in [-0.3, -0.25) is 19.9 Å². The van der Waals surface area contributed by atoms with Crippen molar-refractivity contribution in [2.75, 3.05) is 19.6 Å². The van der Waals surface area contributed by atoms with Crippen LogP contribution < -0.4 is 11.1 Å². The van der Waals surface area contributed by atoms with Gasteiger partial charge in [-0.2, -0.15) is 0 Å². The van der Waals surface area contributed by atoms with E-state index in [4.69, 9.17) is 11.1 Å². The third-order valence-corrected chi connectivity index (χ3v) is 7.95. The first-order valence-electron chi connectivity index (χ1n) is 13.2. The van der Waals surface area contributed by atoms with Crippen LogP contribution in [0.5, 0.6) is 0 Å². The van der Waals surface area contributed by atoms with Crippen molar-refractivity contribution < 1.29 is 9.59 Å². The van der Waals surface area contributed by atoms with Crippen LogP contribution in [0.3, 0.4) is 0 Å². The Kier molecular flexibility index (Phi) is 6.82. The average Bonchev–Trinajstić information content (AvgIpc) is 3.23. The molecule has 3 heterocycles. The van der Waals surface area contributed by atoms with Crippen molar-refractivity contribution >= 4 is 28.6 Å². The van der Waals surface area contributed by atoms with E-state index >= 15 is 0 Å². The van der Waals surface area contributed by atoms with Gasteiger partial charge >= 0.3 is 0 Å². The molecular formula is C27H38N6O2. The first-order chi connectivity index (χ1) is 16.9. The minimum absolute atomic E-state index is 0.0606. The summed E-state index contributed by atoms with van der Waals surface area (Å²) in [4.78, 5) is 30.1. The lowest BCUT2D eigenvalue weighted by atomic mass is 10.1. The molecule has 3 aliphatic rings. The van der Waals surface area contributed by atoms with Crippen LogP contribution in [0.2, 0.25) is 0 Å². The van der Waals surface area contributed by atoms with Crippen LogP contribution in [0.15, 0.2) is 24.3 Å². The lowest BCUT2D eigenvalue weighted by Gasteiger charge is -2.31. The van der Waals surface area contributed by atoms with Crippen molar-refractivity contribution in [1.82, 2.24) is 19.7 Å². The maximum absolute atomic E-state index is 13.6. The second-order valence-corrected chi connectivity index (χ2v) is 10.4. The molecule has 0 bridgehead atoms. The van der Waals surface area contributed by atoms with Crippen LogP contribution in [0.4, 0.5) is 0 Å². The van der Waals surface area contributed by atoms with Gasteiger partial charge in [0.2, 0.25) is 11.8 Å². The normalized spacial score (nSPS) is 22.7. The summed E-state index contributed by atoms with van der Waals surface area (Å²) in [5.41, 5.74) is 8.83. The van der Waals surface area contributed by atoms with Crippen LogP contribution in [0, 0.1) is 5.41 Å². The molecule has 2 amide bonds. The quantitative estimate of drug-likeness (QED) is 0.380. The number of amides is 2. The van der Waals surface area contributed by atoms with Crippen molar-refractivity contribution in [3.05, 3.63) is 35.5 Å². The highest BCUT2D eigenvalue weighted by atomic mass is 16.2. The number of rotatable bonds is 9. The van der Waals surface area contributed by atoms with Crippen molar-refractivity contribution in [2.24, 2.45) is 5.73 Å². The summed E-state index contributed by atoms with van der Waals surface area (Å²) in [6.07, 6.45) is 7.93. The Morgan fingerprint density at radius 2 is 1.91 bits per heavy atom. The Bertz CT molecular complexity index is 1120. The van der Waals surface area contributed by atoms with Crippen LogP contribution in [-0.4, -0.2) is 69.8 Å². The van der Waals surface area contributed by atoms with Crippen LogP contribution in [0.25, 0.3) is 10.9 Å². The fourth-order valence-corrected chi connectivity index (χ4v) is 5.97. The largest absolute Gasteiger partial charge is 0.384 e. The molecule has 2 unspecified atom stereocenters. The third kappa shape index (κ3) is 5.08. The molecule has 8 heteroatoms. The van der Waals surface area contributed by atoms with Crippen molar-refractivity contribution in [2.45, 2.75) is 83.0 Å². The Balaban J connectivity index is 1.24. The molecule has 2 aliphatic heterocycles. The second-order valence-electron chi connectivity index (χ2n) is 10.4. The van der Waals surface area contributed by atoms with Gasteiger partial charge in [0, 0.05) is 41.9 Å². The number of carbonyl (C=O) groups is 2. The van der Waals surface area contributed by atoms with E-state index in [1.807, 2.05) is 18.2 Å². The number of likely N-dealkylation sites (tertiary alicyclic amines) is 2. The number of aromatic nitrogens is 1. The van der Waals surface area contributed by atoms with Gasteiger partial charge in [0.15, 0.2) is 0 Å². The molecule has 8 nitrogen and oxygen atoms in total. The summed E-state index contributed by atoms with van der Waals surface area (Å²) in [7, 11) is 0. The molecule has 1 aliphatic carbocycles. The molecule has 2 saturated heterocycles. The average molecular weight is 479 g/mol. The first-order valence-corrected chi connectivity index (χ1v) is 13.2. The van der Waals surface area contributed by atoms with Gasteiger partial charge in [-0.1, -0.05) is 12.1 Å². The van der Waals surface area contributed by atoms with E-state index in [0.717, 1.165) is 87.5 Å². The van der Waals surface area contributed by atoms with Crippen molar-refractivity contribution in [3.8, 4) is 0 Å². The fraction of sp³-hybridized carbons (Fsp3) is 0.593. The Labute approximate surface area is 207 Å². The summed E-state index contributed by atoms with van der Waals surface area (Å²) >= 11 is 0. The molecule has 2 atom stereocenters. The Morgan fingerprint density at radius 3 is 2.66 bits per heavy atom. The lowest BCUT2D eigenvalue weighted by Crippen LogP contribution is -2.50. The number of benzene rings is 1. The van der Waals surface area contributed by atoms with Gasteiger partial charge in [0.1, 0.15) is 5.84 Å². The highest BCUT2D eigenvalue weighted by molar-refractivity contribution is 5.98. The fourth-order valence-electron chi connectivity index (χ4n) is 5.97. The zero-order valence-electron chi connectivity index (χ0n) is 20.8. The minimum atomic E-state index is -0.160. The van der Waals surface area contributed by atoms with E-state index in [1.165, 1.54) is 5.69 Å². The lowest BCUT2D eigenvalue weighted by molar-refractivity contribution is -0.137. The van der Waals surface area contributed by atoms with E-state index in [1.54, 1.807) is 0 Å². The number of nitrogens with one attached hydrogen (secondary N) is 2. The van der Waals surface area contributed by atoms with Crippen LogP contribution in [-0.2, 0) is 22.6 Å². The van der Waals surface area contributed by atoms with Gasteiger partial charge < -0.3 is 20.5 Å². The molecule has 2 aromatic rings. The highest BCUT2D eigenvalue weighted by Gasteiger charge is 2.39. The number of hydrogen-bond acceptors (Lipinski definition) is 4. The molecule has 5 rings (SSSR count). The van der Waals surface area contributed by atoms with Crippen LogP contribution in [0.1, 0.15) is 63.1 Å². The third-order valence-electron chi connectivity index (χ3n) is 7.95. The minimum Gasteiger partial charge on any atom is -0.384 e. The topological polar surface area (TPSA) is 107 Å². The Hall–Kier alpha value is -2.87. The molecular weight excluding hydrogens is 440 g/mol. The maximum Gasteiger partial charge on any atom is 0.240 e. The highest BCUT2D eigenvalue weighted by Crippen LogP contribution is 2.29. The summed E-state index contributed by atoms with van der Waals surface area (Å²) in [5.74, 6) is 0.361. The number of fused-ring (bicyclic) bond motifs is 1. The number of hydrogen-bond donors (Lipinski definition) is 3. The number of aryl methyl sites for hydroxylation is 2. The number of nitrogens with two attached hydrogens (primary N) is 1. The second kappa shape index (κ2) is 10.0. The predicted molar refractivity (Wildman–Crippen MR) is 137 cm³/mol. The molecule has 1 aromatic carbocycles. The molecule has 1 aromatic heterocycles. The van der Waals surface area contributed by atoms with Gasteiger partial charge in [0.05, 0.1) is 12.6 Å². The van der Waals surface area contributed by atoms with Gasteiger partial charge in [-0.15, -0.1) is 0 Å². The molecule has 0 radical (unpaired) electrons.